The zero-order chi connectivity index (χ0) is 28.4. The zero-order valence-corrected chi connectivity index (χ0v) is 23.3. The first-order valence-corrected chi connectivity index (χ1v) is 14.5. The quantitative estimate of drug-likeness (QED) is 0.395. The average Bonchev–Trinajstić information content (AvgIpc) is 3.63. The highest BCUT2D eigenvalue weighted by Gasteiger charge is 2.37. The molecule has 0 bridgehead atoms. The van der Waals surface area contributed by atoms with E-state index in [1.54, 1.807) is 18.2 Å². The van der Waals surface area contributed by atoms with Gasteiger partial charge in [0.15, 0.2) is 0 Å². The molecule has 1 saturated carbocycles. The number of nitrogens with one attached hydrogen (secondary N) is 1. The molecule has 3 aliphatic rings. The van der Waals surface area contributed by atoms with Gasteiger partial charge in [0.2, 0.25) is 0 Å². The number of amides is 1. The third-order valence-electron chi connectivity index (χ3n) is 8.23. The van der Waals surface area contributed by atoms with Gasteiger partial charge in [-0.05, 0) is 113 Å². The Balaban J connectivity index is 1.20. The summed E-state index contributed by atoms with van der Waals surface area (Å²) in [5.74, 6) is -1.49. The lowest BCUT2D eigenvalue weighted by Crippen LogP contribution is -2.40. The fourth-order valence-electron chi connectivity index (χ4n) is 5.90. The smallest absolute Gasteiger partial charge is 0.326 e. The molecule has 7 nitrogen and oxygen atoms in total. The summed E-state index contributed by atoms with van der Waals surface area (Å²) in [6, 6.07) is 7.15. The minimum absolute atomic E-state index is 0.0700. The highest BCUT2D eigenvalue weighted by Crippen LogP contribution is 2.45. The van der Waals surface area contributed by atoms with E-state index in [0.29, 0.717) is 44.2 Å². The van der Waals surface area contributed by atoms with Crippen LogP contribution in [0.3, 0.4) is 0 Å². The van der Waals surface area contributed by atoms with Crippen molar-refractivity contribution >= 4 is 17.6 Å². The third kappa shape index (κ3) is 6.57. The van der Waals surface area contributed by atoms with Crippen molar-refractivity contribution in [2.45, 2.75) is 76.9 Å². The molecule has 1 aliphatic carbocycles. The van der Waals surface area contributed by atoms with E-state index in [-0.39, 0.29) is 23.3 Å². The lowest BCUT2D eigenvalue weighted by molar-refractivity contribution is -0.141. The van der Waals surface area contributed by atoms with E-state index < -0.39 is 23.7 Å². The molecule has 9 heteroatoms. The number of carbonyl (C=O) groups excluding carboxylic acids is 1. The van der Waals surface area contributed by atoms with E-state index in [2.05, 4.69) is 24.1 Å². The monoisotopic (exact) mass is 555 g/mol. The summed E-state index contributed by atoms with van der Waals surface area (Å²) in [5, 5.41) is 12.9. The van der Waals surface area contributed by atoms with Crippen molar-refractivity contribution in [3.05, 3.63) is 58.7 Å². The number of carboxylic acids is 1. The van der Waals surface area contributed by atoms with Crippen LogP contribution in [0.5, 0.6) is 5.75 Å². The van der Waals surface area contributed by atoms with Gasteiger partial charge in [-0.3, -0.25) is 9.69 Å². The zero-order valence-electron chi connectivity index (χ0n) is 23.3. The minimum Gasteiger partial charge on any atom is -0.493 e. The van der Waals surface area contributed by atoms with Gasteiger partial charge in [0, 0.05) is 30.9 Å². The standard InChI is InChI=1S/C31H39F2N3O4/c1-19(2)34-27-8-7-23(32)14-22(27)17-35-12-9-20(10-13-35)18-40-29-16-26(33)25(15-24(29)21-5-6-21)30(37)36-11-3-4-28(36)31(38)39/h7-8,14-16,19-21,28,34H,3-6,9-13,17-18H2,1-2H3,(H,38,39)/t28-/m0/s1. The number of likely N-dealkylation sites (tertiary alicyclic amines) is 2. The SMILES string of the molecule is CC(C)Nc1ccc(F)cc1CN1CCC(COc2cc(F)c(C(=O)N3CCC[C@H]3C(=O)O)cc2C2CC2)CC1. The summed E-state index contributed by atoms with van der Waals surface area (Å²) in [6.07, 6.45) is 4.75. The molecule has 1 amide bonds. The Hall–Kier alpha value is -3.20. The van der Waals surface area contributed by atoms with Crippen LogP contribution in [0.15, 0.2) is 30.3 Å². The van der Waals surface area contributed by atoms with Gasteiger partial charge in [-0.15, -0.1) is 0 Å². The molecule has 2 aromatic rings. The molecule has 0 aromatic heterocycles. The second kappa shape index (κ2) is 12.1. The first kappa shape index (κ1) is 28.3. The number of piperidine rings is 1. The number of ether oxygens (including phenoxy) is 1. The van der Waals surface area contributed by atoms with E-state index in [9.17, 15) is 19.1 Å². The number of carboxylic acid groups (broad SMARTS) is 1. The second-order valence-corrected chi connectivity index (χ2v) is 11.8. The summed E-state index contributed by atoms with van der Waals surface area (Å²) in [4.78, 5) is 28.3. The maximum absolute atomic E-state index is 15.2. The molecule has 40 heavy (non-hydrogen) atoms. The van der Waals surface area contributed by atoms with Crippen molar-refractivity contribution in [2.24, 2.45) is 5.92 Å². The molecule has 2 aromatic carbocycles. The first-order valence-electron chi connectivity index (χ1n) is 14.5. The van der Waals surface area contributed by atoms with Crippen LogP contribution in [-0.4, -0.2) is 65.1 Å². The van der Waals surface area contributed by atoms with Gasteiger partial charge in [-0.1, -0.05) is 0 Å². The molecule has 216 valence electrons. The Kier molecular flexibility index (Phi) is 8.59. The summed E-state index contributed by atoms with van der Waals surface area (Å²) < 4.78 is 35.3. The highest BCUT2D eigenvalue weighted by molar-refractivity contribution is 5.97. The maximum Gasteiger partial charge on any atom is 0.326 e. The molecule has 2 saturated heterocycles. The number of carbonyl (C=O) groups is 2. The lowest BCUT2D eigenvalue weighted by atomic mass is 9.97. The van der Waals surface area contributed by atoms with E-state index in [1.807, 2.05) is 0 Å². The van der Waals surface area contributed by atoms with E-state index in [0.717, 1.165) is 55.6 Å². The van der Waals surface area contributed by atoms with Crippen LogP contribution in [0.4, 0.5) is 14.5 Å². The predicted molar refractivity (Wildman–Crippen MR) is 149 cm³/mol. The Morgan fingerprint density at radius 2 is 1.80 bits per heavy atom. The highest BCUT2D eigenvalue weighted by atomic mass is 19.1. The Morgan fingerprint density at radius 3 is 2.48 bits per heavy atom. The van der Waals surface area contributed by atoms with Gasteiger partial charge >= 0.3 is 5.97 Å². The molecule has 0 spiro atoms. The van der Waals surface area contributed by atoms with Crippen LogP contribution in [0.2, 0.25) is 0 Å². The molecule has 0 radical (unpaired) electrons. The molecule has 1 atom stereocenters. The van der Waals surface area contributed by atoms with Crippen LogP contribution in [0.1, 0.15) is 79.8 Å². The topological polar surface area (TPSA) is 82.1 Å². The second-order valence-electron chi connectivity index (χ2n) is 11.8. The largest absolute Gasteiger partial charge is 0.493 e. The van der Waals surface area contributed by atoms with Crippen LogP contribution >= 0.6 is 0 Å². The minimum atomic E-state index is -1.05. The third-order valence-corrected chi connectivity index (χ3v) is 8.23. The number of benzene rings is 2. The van der Waals surface area contributed by atoms with E-state index in [4.69, 9.17) is 4.74 Å². The molecule has 2 aliphatic heterocycles. The fraction of sp³-hybridized carbons (Fsp3) is 0.548. The van der Waals surface area contributed by atoms with Crippen molar-refractivity contribution in [2.75, 3.05) is 31.6 Å². The van der Waals surface area contributed by atoms with E-state index in [1.165, 1.54) is 17.0 Å². The molecule has 2 N–H and O–H groups in total. The van der Waals surface area contributed by atoms with Crippen molar-refractivity contribution in [1.82, 2.24) is 9.80 Å². The number of hydrogen-bond acceptors (Lipinski definition) is 5. The van der Waals surface area contributed by atoms with Crippen LogP contribution in [0.25, 0.3) is 0 Å². The van der Waals surface area contributed by atoms with Gasteiger partial charge in [0.25, 0.3) is 5.91 Å². The van der Waals surface area contributed by atoms with Crippen LogP contribution < -0.4 is 10.1 Å². The summed E-state index contributed by atoms with van der Waals surface area (Å²) in [7, 11) is 0. The van der Waals surface area contributed by atoms with Gasteiger partial charge < -0.3 is 20.1 Å². The molecular formula is C31H39F2N3O4. The Morgan fingerprint density at radius 1 is 1.05 bits per heavy atom. The maximum atomic E-state index is 15.2. The Bertz CT molecular complexity index is 1240. The molecule has 2 heterocycles. The number of nitrogens with zero attached hydrogens (tertiary/aromatic N) is 2. The number of halogens is 2. The molecular weight excluding hydrogens is 516 g/mol. The van der Waals surface area contributed by atoms with Crippen LogP contribution in [0, 0.1) is 17.6 Å². The lowest BCUT2D eigenvalue weighted by Gasteiger charge is -2.32. The van der Waals surface area contributed by atoms with Crippen molar-refractivity contribution < 1.29 is 28.2 Å². The van der Waals surface area contributed by atoms with Crippen molar-refractivity contribution in [1.29, 1.82) is 0 Å². The van der Waals surface area contributed by atoms with Gasteiger partial charge in [0.05, 0.1) is 12.2 Å². The van der Waals surface area contributed by atoms with Crippen molar-refractivity contribution in [3.63, 3.8) is 0 Å². The van der Waals surface area contributed by atoms with Gasteiger partial charge in [-0.2, -0.15) is 0 Å². The molecule has 0 unspecified atom stereocenters. The summed E-state index contributed by atoms with van der Waals surface area (Å²) >= 11 is 0. The number of hydrogen-bond donors (Lipinski definition) is 2. The predicted octanol–water partition coefficient (Wildman–Crippen LogP) is 5.64. The summed E-state index contributed by atoms with van der Waals surface area (Å²) in [6.45, 7) is 7.31. The fourth-order valence-corrected chi connectivity index (χ4v) is 5.90. The van der Waals surface area contributed by atoms with Gasteiger partial charge in [0.1, 0.15) is 23.4 Å². The van der Waals surface area contributed by atoms with E-state index >= 15 is 4.39 Å². The summed E-state index contributed by atoms with van der Waals surface area (Å²) in [5.41, 5.74) is 2.68. The Labute approximate surface area is 234 Å². The van der Waals surface area contributed by atoms with Crippen molar-refractivity contribution in [3.8, 4) is 5.75 Å². The molecule has 3 fully saturated rings. The molecule has 5 rings (SSSR count). The normalized spacial score (nSPS) is 20.2. The van der Waals surface area contributed by atoms with Crippen LogP contribution in [-0.2, 0) is 11.3 Å². The number of anilines is 1. The number of aliphatic carboxylic acids is 1. The number of rotatable bonds is 10. The first-order chi connectivity index (χ1) is 19.2. The average molecular weight is 556 g/mol. The van der Waals surface area contributed by atoms with Gasteiger partial charge in [-0.25, -0.2) is 13.6 Å².